The Balaban J connectivity index is 1.40. The second kappa shape index (κ2) is 21.4. The van der Waals surface area contributed by atoms with Gasteiger partial charge in [0, 0.05) is 6.42 Å². The number of hydrogen-bond donors (Lipinski definition) is 0. The normalized spacial score (nSPS) is 20.4. The number of rotatable bonds is 19. The van der Waals surface area contributed by atoms with Gasteiger partial charge in [-0.3, -0.25) is 0 Å². The highest BCUT2D eigenvalue weighted by Gasteiger charge is 2.48. The molecule has 49 heavy (non-hydrogen) atoms. The van der Waals surface area contributed by atoms with Crippen molar-refractivity contribution in [3.8, 4) is 11.8 Å². The summed E-state index contributed by atoms with van der Waals surface area (Å²) in [6.07, 6.45) is 5.89. The SMILES string of the molecule is CCCCCCCCC#C[C@H]1O[C@H](COCc2ccccc2)[C@@H](OCc2ccccc2)[C@H](OCc2ccccc2)[C@@H]1OCc1ccccc1. The van der Waals surface area contributed by atoms with Crippen LogP contribution < -0.4 is 0 Å². The third-order valence-electron chi connectivity index (χ3n) is 8.78. The lowest BCUT2D eigenvalue weighted by Gasteiger charge is -2.45. The van der Waals surface area contributed by atoms with Crippen molar-refractivity contribution < 1.29 is 23.7 Å². The summed E-state index contributed by atoms with van der Waals surface area (Å²) in [5, 5.41) is 0. The molecule has 0 bridgehead atoms. The van der Waals surface area contributed by atoms with E-state index >= 15 is 0 Å². The minimum Gasteiger partial charge on any atom is -0.374 e. The molecule has 0 amide bonds. The van der Waals surface area contributed by atoms with Crippen LogP contribution in [0.4, 0.5) is 0 Å². The average Bonchev–Trinajstić information content (AvgIpc) is 3.15. The van der Waals surface area contributed by atoms with Gasteiger partial charge in [0.05, 0.1) is 33.0 Å². The molecule has 1 saturated heterocycles. The molecule has 0 unspecified atom stereocenters. The molecule has 0 aliphatic carbocycles. The number of ether oxygens (including phenoxy) is 5. The summed E-state index contributed by atoms with van der Waals surface area (Å²) in [5.41, 5.74) is 4.35. The van der Waals surface area contributed by atoms with E-state index in [0.717, 1.165) is 35.1 Å². The fraction of sp³-hybridized carbons (Fsp3) is 0.409. The third-order valence-corrected chi connectivity index (χ3v) is 8.78. The first-order valence-electron chi connectivity index (χ1n) is 18.0. The fourth-order valence-corrected chi connectivity index (χ4v) is 6.07. The first-order valence-corrected chi connectivity index (χ1v) is 18.0. The Kier molecular flexibility index (Phi) is 15.9. The summed E-state index contributed by atoms with van der Waals surface area (Å²) < 4.78 is 33.5. The number of benzene rings is 4. The van der Waals surface area contributed by atoms with Gasteiger partial charge in [0.25, 0.3) is 0 Å². The largest absolute Gasteiger partial charge is 0.374 e. The standard InChI is InChI=1S/C44H52O5/c1-2-3-4-5-6-7-8-21-30-40-42(46-32-37-24-15-10-16-25-37)44(48-34-39-28-19-12-20-29-39)43(47-33-38-26-17-11-18-27-38)41(49-40)35-45-31-36-22-13-9-14-23-36/h9-20,22-29,40-44H,2-8,31-35H2,1H3/t40-,41-,42-,43-,44-/m1/s1. The molecular formula is C44H52O5. The van der Waals surface area contributed by atoms with Crippen LogP contribution in [0.5, 0.6) is 0 Å². The molecule has 5 atom stereocenters. The molecule has 1 fully saturated rings. The lowest BCUT2D eigenvalue weighted by Crippen LogP contribution is -2.60. The maximum absolute atomic E-state index is 6.84. The topological polar surface area (TPSA) is 46.2 Å². The Labute approximate surface area is 293 Å². The molecule has 4 aromatic carbocycles. The molecule has 0 radical (unpaired) electrons. The van der Waals surface area contributed by atoms with Crippen molar-refractivity contribution in [2.45, 2.75) is 109 Å². The maximum atomic E-state index is 6.84. The van der Waals surface area contributed by atoms with Crippen LogP contribution in [-0.4, -0.2) is 37.1 Å². The summed E-state index contributed by atoms with van der Waals surface area (Å²) in [6, 6.07) is 40.9. The van der Waals surface area contributed by atoms with Crippen LogP contribution >= 0.6 is 0 Å². The van der Waals surface area contributed by atoms with Gasteiger partial charge in [-0.1, -0.05) is 166 Å². The second-order valence-corrected chi connectivity index (χ2v) is 12.7. The monoisotopic (exact) mass is 660 g/mol. The molecule has 258 valence electrons. The lowest BCUT2D eigenvalue weighted by molar-refractivity contribution is -0.261. The van der Waals surface area contributed by atoms with E-state index in [1.54, 1.807) is 0 Å². The molecule has 5 rings (SSSR count). The first-order chi connectivity index (χ1) is 24.3. The zero-order valence-electron chi connectivity index (χ0n) is 29.0. The second-order valence-electron chi connectivity index (χ2n) is 12.7. The smallest absolute Gasteiger partial charge is 0.147 e. The Morgan fingerprint density at radius 2 is 0.959 bits per heavy atom. The van der Waals surface area contributed by atoms with Crippen molar-refractivity contribution in [2.24, 2.45) is 0 Å². The van der Waals surface area contributed by atoms with Crippen molar-refractivity contribution in [1.29, 1.82) is 0 Å². The third kappa shape index (κ3) is 12.6. The van der Waals surface area contributed by atoms with Crippen LogP contribution in [0.1, 0.15) is 74.1 Å². The van der Waals surface area contributed by atoms with Crippen LogP contribution in [0, 0.1) is 11.8 Å². The van der Waals surface area contributed by atoms with Gasteiger partial charge >= 0.3 is 0 Å². The van der Waals surface area contributed by atoms with Crippen molar-refractivity contribution in [3.05, 3.63) is 144 Å². The molecule has 1 heterocycles. The van der Waals surface area contributed by atoms with Crippen LogP contribution in [-0.2, 0) is 50.1 Å². The summed E-state index contributed by atoms with van der Waals surface area (Å²) in [4.78, 5) is 0. The average molecular weight is 661 g/mol. The van der Waals surface area contributed by atoms with Gasteiger partial charge in [-0.05, 0) is 28.7 Å². The molecule has 5 nitrogen and oxygen atoms in total. The van der Waals surface area contributed by atoms with Gasteiger partial charge in [0.1, 0.15) is 30.5 Å². The quantitative estimate of drug-likeness (QED) is 0.0741. The van der Waals surface area contributed by atoms with E-state index in [9.17, 15) is 0 Å². The van der Waals surface area contributed by atoms with Crippen LogP contribution in [0.25, 0.3) is 0 Å². The van der Waals surface area contributed by atoms with E-state index < -0.39 is 30.5 Å². The van der Waals surface area contributed by atoms with Gasteiger partial charge < -0.3 is 23.7 Å². The minimum absolute atomic E-state index is 0.334. The molecule has 0 spiro atoms. The molecule has 0 N–H and O–H groups in total. The van der Waals surface area contributed by atoms with E-state index in [-0.39, 0.29) is 0 Å². The molecule has 1 aliphatic rings. The Morgan fingerprint density at radius 3 is 1.49 bits per heavy atom. The number of hydrogen-bond acceptors (Lipinski definition) is 5. The van der Waals surface area contributed by atoms with Crippen molar-refractivity contribution in [1.82, 2.24) is 0 Å². The summed E-state index contributed by atoms with van der Waals surface area (Å²) in [5.74, 6) is 6.93. The number of unbranched alkanes of at least 4 members (excludes halogenated alkanes) is 6. The fourth-order valence-electron chi connectivity index (χ4n) is 6.07. The molecule has 0 aromatic heterocycles. The van der Waals surface area contributed by atoms with Gasteiger partial charge in [0.2, 0.25) is 0 Å². The van der Waals surface area contributed by atoms with Crippen LogP contribution in [0.15, 0.2) is 121 Å². The van der Waals surface area contributed by atoms with Gasteiger partial charge in [-0.15, -0.1) is 5.92 Å². The van der Waals surface area contributed by atoms with Crippen molar-refractivity contribution >= 4 is 0 Å². The Morgan fingerprint density at radius 1 is 0.510 bits per heavy atom. The predicted molar refractivity (Wildman–Crippen MR) is 196 cm³/mol. The molecule has 4 aromatic rings. The van der Waals surface area contributed by atoms with Crippen LogP contribution in [0.3, 0.4) is 0 Å². The van der Waals surface area contributed by atoms with Crippen molar-refractivity contribution in [3.63, 3.8) is 0 Å². The Bertz CT molecular complexity index is 1490. The first kappa shape index (κ1) is 36.5. The predicted octanol–water partition coefficient (Wildman–Crippen LogP) is 9.48. The summed E-state index contributed by atoms with van der Waals surface area (Å²) in [7, 11) is 0. The Hall–Kier alpha value is -3.76. The molecule has 0 saturated carbocycles. The highest BCUT2D eigenvalue weighted by molar-refractivity contribution is 5.18. The lowest BCUT2D eigenvalue weighted by atomic mass is 9.94. The van der Waals surface area contributed by atoms with Crippen LogP contribution in [0.2, 0.25) is 0 Å². The van der Waals surface area contributed by atoms with Gasteiger partial charge in [-0.25, -0.2) is 0 Å². The van der Waals surface area contributed by atoms with E-state index in [2.05, 4.69) is 67.3 Å². The minimum atomic E-state index is -0.508. The highest BCUT2D eigenvalue weighted by atomic mass is 16.6. The molecular weight excluding hydrogens is 608 g/mol. The van der Waals surface area contributed by atoms with Crippen molar-refractivity contribution in [2.75, 3.05) is 6.61 Å². The van der Waals surface area contributed by atoms with E-state index in [1.165, 1.54) is 32.1 Å². The summed E-state index contributed by atoms with van der Waals surface area (Å²) >= 11 is 0. The van der Waals surface area contributed by atoms with Gasteiger partial charge in [-0.2, -0.15) is 0 Å². The zero-order chi connectivity index (χ0) is 33.8. The molecule has 5 heteroatoms. The highest BCUT2D eigenvalue weighted by Crippen LogP contribution is 2.31. The van der Waals surface area contributed by atoms with E-state index in [4.69, 9.17) is 23.7 Å². The zero-order valence-corrected chi connectivity index (χ0v) is 29.0. The van der Waals surface area contributed by atoms with E-state index in [0.29, 0.717) is 33.0 Å². The van der Waals surface area contributed by atoms with Gasteiger partial charge in [0.15, 0.2) is 0 Å². The summed E-state index contributed by atoms with van der Waals surface area (Å²) in [6.45, 7) is 4.30. The molecule has 1 aliphatic heterocycles. The maximum Gasteiger partial charge on any atom is 0.147 e. The van der Waals surface area contributed by atoms with E-state index in [1.807, 2.05) is 72.8 Å².